The molecule has 0 amide bonds. The van der Waals surface area contributed by atoms with Gasteiger partial charge in [0.1, 0.15) is 5.82 Å². The van der Waals surface area contributed by atoms with Crippen LogP contribution in [0.25, 0.3) is 0 Å². The third kappa shape index (κ3) is 2.51. The van der Waals surface area contributed by atoms with Crippen LogP contribution in [0.15, 0.2) is 30.9 Å². The van der Waals surface area contributed by atoms with E-state index in [1.54, 1.807) is 12.1 Å². The van der Waals surface area contributed by atoms with Crippen molar-refractivity contribution in [3.05, 3.63) is 45.8 Å². The highest BCUT2D eigenvalue weighted by atomic mass is 127. The lowest BCUT2D eigenvalue weighted by Crippen LogP contribution is -2.12. The molecule has 1 rings (SSSR count). The highest BCUT2D eigenvalue weighted by Crippen LogP contribution is 2.23. The summed E-state index contributed by atoms with van der Waals surface area (Å²) in [5, 5.41) is 0. The van der Waals surface area contributed by atoms with E-state index in [-0.39, 0.29) is 11.9 Å². The van der Waals surface area contributed by atoms with Crippen LogP contribution in [0, 0.1) is 9.39 Å². The maximum absolute atomic E-state index is 13.3. The van der Waals surface area contributed by atoms with Gasteiger partial charge in [0, 0.05) is 15.2 Å². The zero-order valence-electron chi connectivity index (χ0n) is 7.13. The molecule has 0 fully saturated rings. The van der Waals surface area contributed by atoms with Crippen LogP contribution in [-0.2, 0) is 0 Å². The minimum atomic E-state index is -0.286. The predicted octanol–water partition coefficient (Wildman–Crippen LogP) is 3.01. The summed E-state index contributed by atoms with van der Waals surface area (Å²) in [6, 6.07) is 4.68. The normalized spacial score (nSPS) is 12.5. The van der Waals surface area contributed by atoms with Crippen molar-refractivity contribution < 1.29 is 4.39 Å². The monoisotopic (exact) mass is 291 g/mol. The van der Waals surface area contributed by atoms with Crippen LogP contribution in [0.3, 0.4) is 0 Å². The van der Waals surface area contributed by atoms with E-state index in [1.807, 2.05) is 6.07 Å². The summed E-state index contributed by atoms with van der Waals surface area (Å²) in [6.45, 7) is 3.58. The minimum Gasteiger partial charge on any atom is -0.324 e. The molecule has 0 saturated carbocycles. The second-order valence-electron chi connectivity index (χ2n) is 2.77. The lowest BCUT2D eigenvalue weighted by atomic mass is 10.0. The van der Waals surface area contributed by atoms with E-state index in [0.29, 0.717) is 12.0 Å². The van der Waals surface area contributed by atoms with E-state index < -0.39 is 0 Å². The molecule has 2 N–H and O–H groups in total. The first-order valence-electron chi connectivity index (χ1n) is 3.97. The molecular weight excluding hydrogens is 280 g/mol. The molecule has 0 heterocycles. The Hall–Kier alpha value is -0.420. The largest absolute Gasteiger partial charge is 0.324 e. The molecule has 0 aliphatic carbocycles. The second-order valence-corrected chi connectivity index (χ2v) is 3.93. The van der Waals surface area contributed by atoms with Crippen LogP contribution in [0.4, 0.5) is 4.39 Å². The Morgan fingerprint density at radius 2 is 2.31 bits per heavy atom. The van der Waals surface area contributed by atoms with Gasteiger partial charge in [0.25, 0.3) is 0 Å². The van der Waals surface area contributed by atoms with Crippen molar-refractivity contribution in [1.29, 1.82) is 0 Å². The number of hydrogen-bond donors (Lipinski definition) is 1. The molecule has 0 aromatic heterocycles. The molecule has 0 bridgehead atoms. The highest BCUT2D eigenvalue weighted by Gasteiger charge is 2.12. The average molecular weight is 291 g/mol. The molecule has 0 spiro atoms. The van der Waals surface area contributed by atoms with Gasteiger partial charge in [-0.05, 0) is 41.1 Å². The Bertz CT molecular complexity index is 292. The van der Waals surface area contributed by atoms with Crippen molar-refractivity contribution in [1.82, 2.24) is 0 Å². The first-order valence-corrected chi connectivity index (χ1v) is 5.05. The van der Waals surface area contributed by atoms with Gasteiger partial charge in [-0.3, -0.25) is 0 Å². The highest BCUT2D eigenvalue weighted by molar-refractivity contribution is 14.1. The van der Waals surface area contributed by atoms with E-state index in [9.17, 15) is 4.39 Å². The number of rotatable bonds is 3. The van der Waals surface area contributed by atoms with Gasteiger partial charge in [0.2, 0.25) is 0 Å². The summed E-state index contributed by atoms with van der Waals surface area (Å²) in [5.41, 5.74) is 6.38. The van der Waals surface area contributed by atoms with E-state index in [2.05, 4.69) is 29.2 Å². The fourth-order valence-electron chi connectivity index (χ4n) is 1.16. The summed E-state index contributed by atoms with van der Waals surface area (Å²) in [5.74, 6) is -0.235. The molecule has 1 atom stereocenters. The van der Waals surface area contributed by atoms with Gasteiger partial charge in [-0.15, -0.1) is 6.58 Å². The molecule has 1 aromatic carbocycles. The SMILES string of the molecule is C=CC[C@@H](N)c1c(F)cccc1I. The van der Waals surface area contributed by atoms with Crippen LogP contribution in [0.1, 0.15) is 18.0 Å². The Labute approximate surface area is 91.0 Å². The Morgan fingerprint density at radius 3 is 2.85 bits per heavy atom. The molecule has 70 valence electrons. The molecule has 13 heavy (non-hydrogen) atoms. The topological polar surface area (TPSA) is 26.0 Å². The molecule has 0 aliphatic rings. The van der Waals surface area contributed by atoms with Gasteiger partial charge in [0.05, 0.1) is 0 Å². The molecule has 0 aliphatic heterocycles. The summed E-state index contributed by atoms with van der Waals surface area (Å²) in [6.07, 6.45) is 2.30. The van der Waals surface area contributed by atoms with Gasteiger partial charge in [-0.2, -0.15) is 0 Å². The van der Waals surface area contributed by atoms with Crippen LogP contribution >= 0.6 is 22.6 Å². The predicted molar refractivity (Wildman–Crippen MR) is 60.9 cm³/mol. The van der Waals surface area contributed by atoms with Gasteiger partial charge in [-0.1, -0.05) is 12.1 Å². The molecule has 0 saturated heterocycles. The van der Waals surface area contributed by atoms with Gasteiger partial charge >= 0.3 is 0 Å². The van der Waals surface area contributed by atoms with Crippen molar-refractivity contribution in [2.45, 2.75) is 12.5 Å². The molecule has 1 nitrogen and oxygen atoms in total. The zero-order valence-corrected chi connectivity index (χ0v) is 9.29. The fourth-order valence-corrected chi connectivity index (χ4v) is 2.03. The lowest BCUT2D eigenvalue weighted by Gasteiger charge is -2.12. The quantitative estimate of drug-likeness (QED) is 0.672. The van der Waals surface area contributed by atoms with Crippen molar-refractivity contribution in [2.75, 3.05) is 0 Å². The Balaban J connectivity index is 3.04. The number of hydrogen-bond acceptors (Lipinski definition) is 1. The van der Waals surface area contributed by atoms with Gasteiger partial charge < -0.3 is 5.73 Å². The van der Waals surface area contributed by atoms with Crippen molar-refractivity contribution in [2.24, 2.45) is 5.73 Å². The number of benzene rings is 1. The van der Waals surface area contributed by atoms with E-state index >= 15 is 0 Å². The zero-order chi connectivity index (χ0) is 9.84. The first-order chi connectivity index (χ1) is 6.16. The van der Waals surface area contributed by atoms with Gasteiger partial charge in [0.15, 0.2) is 0 Å². The summed E-state index contributed by atoms with van der Waals surface area (Å²) < 4.78 is 14.2. The average Bonchev–Trinajstić information content (AvgIpc) is 2.04. The third-order valence-electron chi connectivity index (χ3n) is 1.79. The van der Waals surface area contributed by atoms with Crippen molar-refractivity contribution >= 4 is 22.6 Å². The second kappa shape index (κ2) is 4.72. The Morgan fingerprint density at radius 1 is 1.62 bits per heavy atom. The number of nitrogens with two attached hydrogens (primary N) is 1. The van der Waals surface area contributed by atoms with Crippen LogP contribution in [0.5, 0.6) is 0 Å². The Kier molecular flexibility index (Phi) is 3.87. The van der Waals surface area contributed by atoms with E-state index in [4.69, 9.17) is 5.73 Å². The smallest absolute Gasteiger partial charge is 0.129 e. The molecule has 3 heteroatoms. The van der Waals surface area contributed by atoms with Crippen LogP contribution in [-0.4, -0.2) is 0 Å². The summed E-state index contributed by atoms with van der Waals surface area (Å²) >= 11 is 2.09. The van der Waals surface area contributed by atoms with Gasteiger partial charge in [-0.25, -0.2) is 4.39 Å². The molecular formula is C10H11FIN. The van der Waals surface area contributed by atoms with Crippen LogP contribution in [0.2, 0.25) is 0 Å². The lowest BCUT2D eigenvalue weighted by molar-refractivity contribution is 0.581. The fraction of sp³-hybridized carbons (Fsp3) is 0.200. The molecule has 1 aromatic rings. The van der Waals surface area contributed by atoms with Crippen LogP contribution < -0.4 is 5.73 Å². The molecule has 0 radical (unpaired) electrons. The van der Waals surface area contributed by atoms with Crippen molar-refractivity contribution in [3.63, 3.8) is 0 Å². The van der Waals surface area contributed by atoms with E-state index in [0.717, 1.165) is 3.57 Å². The minimum absolute atomic E-state index is 0.235. The van der Waals surface area contributed by atoms with E-state index in [1.165, 1.54) is 6.07 Å². The number of halogens is 2. The van der Waals surface area contributed by atoms with Crippen molar-refractivity contribution in [3.8, 4) is 0 Å². The molecule has 0 unspecified atom stereocenters. The standard InChI is InChI=1S/C10H11FIN/c1-2-4-9(13)10-7(11)5-3-6-8(10)12/h2-3,5-6,9H,1,4,13H2/t9-/m1/s1. The third-order valence-corrected chi connectivity index (χ3v) is 2.73. The first kappa shape index (κ1) is 10.7. The maximum Gasteiger partial charge on any atom is 0.129 e. The maximum atomic E-state index is 13.3. The summed E-state index contributed by atoms with van der Waals surface area (Å²) in [4.78, 5) is 0. The summed E-state index contributed by atoms with van der Waals surface area (Å²) in [7, 11) is 0.